The van der Waals surface area contributed by atoms with Crippen LogP contribution in [0.25, 0.3) is 0 Å². The maximum atomic E-state index is 12.5. The second-order valence-corrected chi connectivity index (χ2v) is 6.44. The average Bonchev–Trinajstić information content (AvgIpc) is 3.27. The fourth-order valence-electron chi connectivity index (χ4n) is 2.85. The van der Waals surface area contributed by atoms with Crippen molar-refractivity contribution in [2.75, 3.05) is 17.2 Å². The van der Waals surface area contributed by atoms with E-state index < -0.39 is 6.03 Å². The molecule has 0 atom stereocenters. The second kappa shape index (κ2) is 5.73. The summed E-state index contributed by atoms with van der Waals surface area (Å²) in [4.78, 5) is 38.1. The minimum atomic E-state index is -0.474. The van der Waals surface area contributed by atoms with E-state index in [0.717, 1.165) is 18.5 Å². The number of H-pyrrole nitrogens is 1. The highest BCUT2D eigenvalue weighted by molar-refractivity contribution is 6.22. The number of rotatable bonds is 4. The highest BCUT2D eigenvalue weighted by Gasteiger charge is 2.38. The molecule has 0 radical (unpaired) electrons. The molecular formula is C17H17N5O3. The molecule has 0 spiro atoms. The van der Waals surface area contributed by atoms with Crippen LogP contribution in [0.2, 0.25) is 0 Å². The second-order valence-electron chi connectivity index (χ2n) is 6.44. The largest absolute Gasteiger partial charge is 0.324 e. The molecule has 1 aliphatic heterocycles. The molecule has 4 amide bonds. The standard InChI is InChI=1S/C17H17N5O3/c1-9-6-14(21-20-9)19-17(25)18-11-4-5-12-13(7-11)16(24)22(15(12)23)8-10-2-3-10/h4-7,10H,2-3,8H2,1H3,(H3,18,19,20,21,25). The Balaban J connectivity index is 1.48. The van der Waals surface area contributed by atoms with Gasteiger partial charge in [-0.2, -0.15) is 5.10 Å². The van der Waals surface area contributed by atoms with Gasteiger partial charge in [-0.1, -0.05) is 0 Å². The van der Waals surface area contributed by atoms with Crippen LogP contribution in [0.4, 0.5) is 16.3 Å². The molecule has 128 valence electrons. The molecule has 1 fully saturated rings. The third-order valence-electron chi connectivity index (χ3n) is 4.31. The molecule has 2 heterocycles. The maximum Gasteiger partial charge on any atom is 0.324 e. The zero-order chi connectivity index (χ0) is 17.6. The number of hydrogen-bond donors (Lipinski definition) is 3. The van der Waals surface area contributed by atoms with Crippen LogP contribution in [0.3, 0.4) is 0 Å². The van der Waals surface area contributed by atoms with Crippen molar-refractivity contribution in [1.29, 1.82) is 0 Å². The van der Waals surface area contributed by atoms with Gasteiger partial charge in [-0.15, -0.1) is 0 Å². The Morgan fingerprint density at radius 1 is 1.20 bits per heavy atom. The Hall–Kier alpha value is -3.16. The molecule has 0 unspecified atom stereocenters. The van der Waals surface area contributed by atoms with E-state index in [1.165, 1.54) is 11.0 Å². The van der Waals surface area contributed by atoms with Gasteiger partial charge in [-0.25, -0.2) is 4.79 Å². The van der Waals surface area contributed by atoms with Gasteiger partial charge < -0.3 is 5.32 Å². The van der Waals surface area contributed by atoms with Gasteiger partial charge in [-0.3, -0.25) is 24.9 Å². The zero-order valence-corrected chi connectivity index (χ0v) is 13.6. The fraction of sp³-hybridized carbons (Fsp3) is 0.294. The number of anilines is 2. The Labute approximate surface area is 143 Å². The SMILES string of the molecule is Cc1cc(NC(=O)Nc2ccc3c(c2)C(=O)N(CC2CC2)C3=O)n[nH]1. The van der Waals surface area contributed by atoms with E-state index in [-0.39, 0.29) is 11.8 Å². The first-order valence-corrected chi connectivity index (χ1v) is 8.11. The summed E-state index contributed by atoms with van der Waals surface area (Å²) in [5.41, 5.74) is 1.99. The van der Waals surface area contributed by atoms with Crippen LogP contribution >= 0.6 is 0 Å². The smallest absolute Gasteiger partial charge is 0.308 e. The average molecular weight is 339 g/mol. The molecular weight excluding hydrogens is 322 g/mol. The summed E-state index contributed by atoms with van der Waals surface area (Å²) >= 11 is 0. The van der Waals surface area contributed by atoms with E-state index >= 15 is 0 Å². The van der Waals surface area contributed by atoms with Crippen LogP contribution in [0.15, 0.2) is 24.3 Å². The quantitative estimate of drug-likeness (QED) is 0.743. The number of nitrogens with one attached hydrogen (secondary N) is 3. The lowest BCUT2D eigenvalue weighted by atomic mass is 10.1. The van der Waals surface area contributed by atoms with Crippen LogP contribution < -0.4 is 10.6 Å². The highest BCUT2D eigenvalue weighted by atomic mass is 16.2. The molecule has 1 aromatic heterocycles. The van der Waals surface area contributed by atoms with Crippen LogP contribution in [-0.2, 0) is 0 Å². The summed E-state index contributed by atoms with van der Waals surface area (Å²) < 4.78 is 0. The van der Waals surface area contributed by atoms with E-state index in [9.17, 15) is 14.4 Å². The molecule has 2 aromatic rings. The lowest BCUT2D eigenvalue weighted by molar-refractivity contribution is 0.0647. The molecule has 2 aliphatic rings. The summed E-state index contributed by atoms with van der Waals surface area (Å²) in [6.07, 6.45) is 2.13. The first-order valence-electron chi connectivity index (χ1n) is 8.11. The third-order valence-corrected chi connectivity index (χ3v) is 4.31. The van der Waals surface area contributed by atoms with Gasteiger partial charge >= 0.3 is 6.03 Å². The van der Waals surface area contributed by atoms with Gasteiger partial charge in [-0.05, 0) is 43.9 Å². The number of aryl methyl sites for hydroxylation is 1. The Kier molecular flexibility index (Phi) is 3.52. The van der Waals surface area contributed by atoms with E-state index in [1.807, 2.05) is 6.92 Å². The number of nitrogens with zero attached hydrogens (tertiary/aromatic N) is 2. The molecule has 3 N–H and O–H groups in total. The number of urea groups is 1. The van der Waals surface area contributed by atoms with E-state index in [2.05, 4.69) is 20.8 Å². The highest BCUT2D eigenvalue weighted by Crippen LogP contribution is 2.33. The van der Waals surface area contributed by atoms with Crippen molar-refractivity contribution in [2.24, 2.45) is 5.92 Å². The summed E-state index contributed by atoms with van der Waals surface area (Å²) in [7, 11) is 0. The van der Waals surface area contributed by atoms with Crippen molar-refractivity contribution in [3.63, 3.8) is 0 Å². The summed E-state index contributed by atoms with van der Waals surface area (Å²) in [5.74, 6) is 0.287. The third kappa shape index (κ3) is 2.98. The van der Waals surface area contributed by atoms with Crippen molar-refractivity contribution in [3.8, 4) is 0 Å². The number of benzene rings is 1. The van der Waals surface area contributed by atoms with Gasteiger partial charge in [0.25, 0.3) is 11.8 Å². The molecule has 25 heavy (non-hydrogen) atoms. The lowest BCUT2D eigenvalue weighted by Gasteiger charge is -2.12. The normalized spacial score (nSPS) is 16.1. The van der Waals surface area contributed by atoms with Crippen LogP contribution in [0, 0.1) is 12.8 Å². The minimum Gasteiger partial charge on any atom is -0.308 e. The van der Waals surface area contributed by atoms with Crippen molar-refractivity contribution < 1.29 is 14.4 Å². The number of imide groups is 1. The predicted molar refractivity (Wildman–Crippen MR) is 90.5 cm³/mol. The van der Waals surface area contributed by atoms with Crippen molar-refractivity contribution in [1.82, 2.24) is 15.1 Å². The van der Waals surface area contributed by atoms with Crippen molar-refractivity contribution in [2.45, 2.75) is 19.8 Å². The summed E-state index contributed by atoms with van der Waals surface area (Å²) in [6, 6.07) is 5.95. The van der Waals surface area contributed by atoms with Gasteiger partial charge in [0.15, 0.2) is 5.82 Å². The molecule has 0 saturated heterocycles. The molecule has 0 bridgehead atoms. The number of aromatic nitrogens is 2. The number of hydrogen-bond acceptors (Lipinski definition) is 4. The Morgan fingerprint density at radius 2 is 1.96 bits per heavy atom. The van der Waals surface area contributed by atoms with E-state index in [1.54, 1.807) is 18.2 Å². The maximum absolute atomic E-state index is 12.5. The molecule has 8 nitrogen and oxygen atoms in total. The minimum absolute atomic E-state index is 0.255. The van der Waals surface area contributed by atoms with Crippen molar-refractivity contribution in [3.05, 3.63) is 41.1 Å². The molecule has 4 rings (SSSR count). The van der Waals surface area contributed by atoms with Gasteiger partial charge in [0.05, 0.1) is 11.1 Å². The Morgan fingerprint density at radius 3 is 2.64 bits per heavy atom. The topological polar surface area (TPSA) is 107 Å². The van der Waals surface area contributed by atoms with Crippen LogP contribution in [0.5, 0.6) is 0 Å². The first kappa shape index (κ1) is 15.4. The molecule has 1 aliphatic carbocycles. The number of aromatic amines is 1. The molecule has 1 saturated carbocycles. The monoisotopic (exact) mass is 339 g/mol. The van der Waals surface area contributed by atoms with E-state index in [0.29, 0.717) is 35.1 Å². The molecule has 8 heteroatoms. The van der Waals surface area contributed by atoms with Crippen LogP contribution in [0.1, 0.15) is 39.3 Å². The van der Waals surface area contributed by atoms with E-state index in [4.69, 9.17) is 0 Å². The van der Waals surface area contributed by atoms with Gasteiger partial charge in [0.2, 0.25) is 0 Å². The summed E-state index contributed by atoms with van der Waals surface area (Å²) in [5, 5.41) is 11.9. The first-order chi connectivity index (χ1) is 12.0. The fourth-order valence-corrected chi connectivity index (χ4v) is 2.85. The molecule has 1 aromatic carbocycles. The lowest BCUT2D eigenvalue weighted by Crippen LogP contribution is -2.31. The summed E-state index contributed by atoms with van der Waals surface area (Å²) in [6.45, 7) is 2.31. The number of fused-ring (bicyclic) bond motifs is 1. The zero-order valence-electron chi connectivity index (χ0n) is 13.6. The number of amides is 4. The van der Waals surface area contributed by atoms with Gasteiger partial charge in [0, 0.05) is 24.0 Å². The van der Waals surface area contributed by atoms with Gasteiger partial charge in [0.1, 0.15) is 0 Å². The van der Waals surface area contributed by atoms with Crippen molar-refractivity contribution >= 4 is 29.4 Å². The predicted octanol–water partition coefficient (Wildman–Crippen LogP) is 2.37. The number of carbonyl (C=O) groups excluding carboxylic acids is 3. The number of carbonyl (C=O) groups is 3. The Bertz CT molecular complexity index is 884. The van der Waals surface area contributed by atoms with Crippen LogP contribution in [-0.4, -0.2) is 39.5 Å².